The molecular formula is C23H26N2. The van der Waals surface area contributed by atoms with E-state index in [9.17, 15) is 0 Å². The van der Waals surface area contributed by atoms with Gasteiger partial charge in [0.2, 0.25) is 0 Å². The van der Waals surface area contributed by atoms with E-state index in [2.05, 4.69) is 92.6 Å². The highest BCUT2D eigenvalue weighted by Gasteiger charge is 2.12. The van der Waals surface area contributed by atoms with Crippen molar-refractivity contribution in [3.8, 4) is 0 Å². The molecule has 0 heterocycles. The molecule has 0 N–H and O–H groups in total. The summed E-state index contributed by atoms with van der Waals surface area (Å²) < 4.78 is 0. The number of hydrazone groups is 1. The van der Waals surface area contributed by atoms with Crippen molar-refractivity contribution in [2.75, 3.05) is 7.05 Å². The molecule has 0 atom stereocenters. The Bertz CT molecular complexity index is 865. The van der Waals surface area contributed by atoms with Gasteiger partial charge in [0.05, 0.1) is 12.8 Å². The van der Waals surface area contributed by atoms with Gasteiger partial charge in [-0.25, -0.2) is 0 Å². The Morgan fingerprint density at radius 3 is 2.28 bits per heavy atom. The van der Waals surface area contributed by atoms with Crippen LogP contribution in [0.25, 0.3) is 10.8 Å². The van der Waals surface area contributed by atoms with Crippen LogP contribution in [0.2, 0.25) is 0 Å². The fourth-order valence-electron chi connectivity index (χ4n) is 2.95. The molecule has 0 radical (unpaired) electrons. The van der Waals surface area contributed by atoms with Gasteiger partial charge in [0, 0.05) is 7.05 Å². The lowest BCUT2D eigenvalue weighted by atomic mass is 9.87. The third-order valence-electron chi connectivity index (χ3n) is 4.46. The molecule has 2 heteroatoms. The molecule has 0 saturated heterocycles. The third-order valence-corrected chi connectivity index (χ3v) is 4.46. The van der Waals surface area contributed by atoms with E-state index in [1.165, 1.54) is 21.9 Å². The van der Waals surface area contributed by atoms with Crippen LogP contribution in [0, 0.1) is 0 Å². The minimum atomic E-state index is 0.181. The summed E-state index contributed by atoms with van der Waals surface area (Å²) in [7, 11) is 2.02. The molecule has 0 bridgehead atoms. The van der Waals surface area contributed by atoms with E-state index in [1.54, 1.807) is 0 Å². The van der Waals surface area contributed by atoms with Crippen molar-refractivity contribution in [3.05, 3.63) is 83.4 Å². The second-order valence-electron chi connectivity index (χ2n) is 7.57. The third kappa shape index (κ3) is 4.27. The van der Waals surface area contributed by atoms with Crippen LogP contribution in [0.1, 0.15) is 37.5 Å². The summed E-state index contributed by atoms with van der Waals surface area (Å²) in [4.78, 5) is 0. The average Bonchev–Trinajstić information content (AvgIpc) is 2.60. The second-order valence-corrected chi connectivity index (χ2v) is 7.57. The van der Waals surface area contributed by atoms with Crippen LogP contribution < -0.4 is 0 Å². The minimum absolute atomic E-state index is 0.181. The Balaban J connectivity index is 1.71. The van der Waals surface area contributed by atoms with E-state index in [0.717, 1.165) is 12.1 Å². The van der Waals surface area contributed by atoms with Gasteiger partial charge in [0.25, 0.3) is 0 Å². The Morgan fingerprint density at radius 1 is 0.880 bits per heavy atom. The largest absolute Gasteiger partial charge is 0.296 e. The zero-order chi connectivity index (χ0) is 17.9. The van der Waals surface area contributed by atoms with Crippen molar-refractivity contribution < 1.29 is 0 Å². The van der Waals surface area contributed by atoms with E-state index in [4.69, 9.17) is 0 Å². The van der Waals surface area contributed by atoms with Crippen molar-refractivity contribution in [2.24, 2.45) is 5.10 Å². The van der Waals surface area contributed by atoms with Gasteiger partial charge in [-0.3, -0.25) is 5.01 Å². The average molecular weight is 330 g/mol. The predicted octanol–water partition coefficient (Wildman–Crippen LogP) is 5.60. The number of nitrogens with zero attached hydrogens (tertiary/aromatic N) is 2. The Kier molecular flexibility index (Phi) is 4.89. The zero-order valence-electron chi connectivity index (χ0n) is 15.5. The van der Waals surface area contributed by atoms with Gasteiger partial charge in [-0.2, -0.15) is 5.10 Å². The summed E-state index contributed by atoms with van der Waals surface area (Å²) in [6, 6.07) is 23.6. The molecule has 0 amide bonds. The summed E-state index contributed by atoms with van der Waals surface area (Å²) in [6.07, 6.45) is 1.93. The SMILES string of the molecule is CN(Cc1cccc2ccccc12)/N=C/c1ccc(C(C)(C)C)cc1. The number of hydrogen-bond acceptors (Lipinski definition) is 2. The number of fused-ring (bicyclic) bond motifs is 1. The molecule has 0 spiro atoms. The highest BCUT2D eigenvalue weighted by Crippen LogP contribution is 2.22. The summed E-state index contributed by atoms with van der Waals surface area (Å²) in [5.74, 6) is 0. The topological polar surface area (TPSA) is 15.6 Å². The van der Waals surface area contributed by atoms with Gasteiger partial charge in [0.15, 0.2) is 0 Å². The Labute approximate surface area is 150 Å². The van der Waals surface area contributed by atoms with Gasteiger partial charge in [0.1, 0.15) is 0 Å². The molecule has 128 valence electrons. The molecule has 0 unspecified atom stereocenters. The van der Waals surface area contributed by atoms with Crippen LogP contribution in [0.3, 0.4) is 0 Å². The first-order chi connectivity index (χ1) is 11.9. The molecule has 2 nitrogen and oxygen atoms in total. The van der Waals surface area contributed by atoms with Gasteiger partial charge >= 0.3 is 0 Å². The molecule has 0 fully saturated rings. The number of rotatable bonds is 4. The summed E-state index contributed by atoms with van der Waals surface area (Å²) in [5, 5.41) is 9.15. The van der Waals surface area contributed by atoms with Crippen molar-refractivity contribution in [1.82, 2.24) is 5.01 Å². The maximum Gasteiger partial charge on any atom is 0.0613 e. The fraction of sp³-hybridized carbons (Fsp3) is 0.261. The molecule has 0 aliphatic carbocycles. The molecule has 0 aliphatic heterocycles. The molecule has 0 saturated carbocycles. The van der Waals surface area contributed by atoms with E-state index in [0.29, 0.717) is 0 Å². The second kappa shape index (κ2) is 7.10. The highest BCUT2D eigenvalue weighted by atomic mass is 15.4. The normalized spacial score (nSPS) is 12.0. The van der Waals surface area contributed by atoms with Gasteiger partial charge in [-0.15, -0.1) is 0 Å². The van der Waals surface area contributed by atoms with E-state index in [-0.39, 0.29) is 5.41 Å². The zero-order valence-corrected chi connectivity index (χ0v) is 15.5. The summed E-state index contributed by atoms with van der Waals surface area (Å²) in [6.45, 7) is 7.48. The summed E-state index contributed by atoms with van der Waals surface area (Å²) >= 11 is 0. The maximum atomic E-state index is 4.60. The lowest BCUT2D eigenvalue weighted by molar-refractivity contribution is 0.350. The quantitative estimate of drug-likeness (QED) is 0.449. The van der Waals surface area contributed by atoms with Gasteiger partial charge < -0.3 is 0 Å². The van der Waals surface area contributed by atoms with Crippen LogP contribution in [-0.2, 0) is 12.0 Å². The maximum absolute atomic E-state index is 4.60. The van der Waals surface area contributed by atoms with Gasteiger partial charge in [-0.1, -0.05) is 87.5 Å². The lowest BCUT2D eigenvalue weighted by Crippen LogP contribution is -2.12. The lowest BCUT2D eigenvalue weighted by Gasteiger charge is -2.19. The van der Waals surface area contributed by atoms with Crippen molar-refractivity contribution in [1.29, 1.82) is 0 Å². The van der Waals surface area contributed by atoms with Crippen LogP contribution in [0.4, 0.5) is 0 Å². The Morgan fingerprint density at radius 2 is 1.56 bits per heavy atom. The first-order valence-electron chi connectivity index (χ1n) is 8.76. The Hall–Kier alpha value is -2.61. The van der Waals surface area contributed by atoms with Crippen LogP contribution >= 0.6 is 0 Å². The fourth-order valence-corrected chi connectivity index (χ4v) is 2.95. The van der Waals surface area contributed by atoms with E-state index >= 15 is 0 Å². The van der Waals surface area contributed by atoms with E-state index in [1.807, 2.05) is 18.3 Å². The predicted molar refractivity (Wildman–Crippen MR) is 108 cm³/mol. The summed E-state index contributed by atoms with van der Waals surface area (Å²) in [5.41, 5.74) is 3.94. The number of benzene rings is 3. The van der Waals surface area contributed by atoms with E-state index < -0.39 is 0 Å². The number of hydrogen-bond donors (Lipinski definition) is 0. The smallest absolute Gasteiger partial charge is 0.0613 e. The van der Waals surface area contributed by atoms with Crippen LogP contribution in [0.5, 0.6) is 0 Å². The molecule has 3 rings (SSSR count). The molecule has 0 aliphatic rings. The first kappa shape index (κ1) is 17.2. The van der Waals surface area contributed by atoms with Crippen molar-refractivity contribution >= 4 is 17.0 Å². The minimum Gasteiger partial charge on any atom is -0.296 e. The van der Waals surface area contributed by atoms with Crippen LogP contribution in [0.15, 0.2) is 71.8 Å². The molecular weight excluding hydrogens is 304 g/mol. The first-order valence-corrected chi connectivity index (χ1v) is 8.76. The van der Waals surface area contributed by atoms with Crippen molar-refractivity contribution in [2.45, 2.75) is 32.7 Å². The standard InChI is InChI=1S/C23H26N2/c1-23(2,3)21-14-12-18(13-15-21)16-24-25(4)17-20-10-7-9-19-8-5-6-11-22(19)20/h5-16H,17H2,1-4H3/b24-16+. The monoisotopic (exact) mass is 330 g/mol. The molecule has 25 heavy (non-hydrogen) atoms. The highest BCUT2D eigenvalue weighted by molar-refractivity contribution is 5.85. The van der Waals surface area contributed by atoms with Crippen LogP contribution in [-0.4, -0.2) is 18.3 Å². The van der Waals surface area contributed by atoms with Crippen molar-refractivity contribution in [3.63, 3.8) is 0 Å². The van der Waals surface area contributed by atoms with Gasteiger partial charge in [-0.05, 0) is 32.9 Å². The molecule has 0 aromatic heterocycles. The molecule has 3 aromatic rings. The molecule has 3 aromatic carbocycles.